The number of likely N-dealkylation sites (tertiary alicyclic amines) is 1. The number of aliphatic hydroxyl groups is 1. The molecule has 2 aromatic carbocycles. The number of aliphatic hydroxyl groups excluding tert-OH is 1. The lowest BCUT2D eigenvalue weighted by atomic mass is 9.89. The molecule has 126 heavy (non-hydrogen) atoms. The third-order valence-corrected chi connectivity index (χ3v) is 21.0. The fourth-order valence-corrected chi connectivity index (χ4v) is 14.5. The highest BCUT2D eigenvalue weighted by atomic mass is 16.7. The highest BCUT2D eigenvalue weighted by molar-refractivity contribution is 5.92. The molecule has 5 N–H and O–H groups in total. The number of rotatable bonds is 63. The molecule has 2 fully saturated rings. The summed E-state index contributed by atoms with van der Waals surface area (Å²) in [6.45, 7) is 25.8. The number of aromatic nitrogens is 3. The Balaban J connectivity index is 1.26. The summed E-state index contributed by atoms with van der Waals surface area (Å²) in [4.78, 5) is 141. The molecule has 0 saturated carbocycles. The van der Waals surface area contributed by atoms with Crippen molar-refractivity contribution < 1.29 is 143 Å². The Morgan fingerprint density at radius 3 is 1.63 bits per heavy atom. The summed E-state index contributed by atoms with van der Waals surface area (Å²) in [7, 11) is 6.82. The largest absolute Gasteiger partial charge is 0.467 e. The van der Waals surface area contributed by atoms with Crippen LogP contribution in [0.25, 0.3) is 0 Å². The van der Waals surface area contributed by atoms with Crippen molar-refractivity contribution in [3.63, 3.8) is 0 Å². The zero-order valence-electron chi connectivity index (χ0n) is 75.8. The molecule has 4 unspecified atom stereocenters. The number of nitrogens with one attached hydrogen (secondary N) is 2. The topological polar surface area (TPSA) is 483 Å². The Kier molecular flexibility index (Phi) is 50.1. The molecule has 0 bridgehead atoms. The van der Waals surface area contributed by atoms with E-state index in [1.165, 1.54) is 43.1 Å². The Hall–Kier alpha value is -8.79. The van der Waals surface area contributed by atoms with Crippen LogP contribution in [0.4, 0.5) is 10.5 Å². The van der Waals surface area contributed by atoms with Crippen molar-refractivity contribution in [3.05, 3.63) is 81.7 Å². The highest BCUT2D eigenvalue weighted by Gasteiger charge is 2.56. The van der Waals surface area contributed by atoms with Crippen LogP contribution >= 0.6 is 0 Å². The van der Waals surface area contributed by atoms with Crippen molar-refractivity contribution >= 4 is 59.3 Å². The molecular weight excluding hydrogens is 1660 g/mol. The molecular formula is C85H136N10O31. The van der Waals surface area contributed by atoms with Gasteiger partial charge in [0.2, 0.25) is 36.0 Å². The van der Waals surface area contributed by atoms with E-state index in [4.69, 9.17) is 95.7 Å². The minimum atomic E-state index is -2.02. The predicted octanol–water partition coefficient (Wildman–Crippen LogP) is 4.06. The van der Waals surface area contributed by atoms with Gasteiger partial charge in [-0.25, -0.2) is 14.3 Å². The maximum absolute atomic E-state index is 15.2. The van der Waals surface area contributed by atoms with Crippen LogP contribution in [0.2, 0.25) is 0 Å². The van der Waals surface area contributed by atoms with Crippen LogP contribution in [0, 0.1) is 33.8 Å². The second-order valence-electron chi connectivity index (χ2n) is 31.0. The van der Waals surface area contributed by atoms with E-state index in [0.717, 1.165) is 44.9 Å². The molecule has 5 amide bonds. The number of methoxy groups -OCH3 is 3. The van der Waals surface area contributed by atoms with Gasteiger partial charge in [-0.2, -0.15) is 0 Å². The number of benzene rings is 2. The average molecular weight is 1790 g/mol. The molecule has 5 rings (SSSR count). The highest BCUT2D eigenvalue weighted by Crippen LogP contribution is 2.38. The lowest BCUT2D eigenvalue weighted by Gasteiger charge is -2.43. The first-order valence-electron chi connectivity index (χ1n) is 42.8. The maximum atomic E-state index is 15.2. The van der Waals surface area contributed by atoms with Crippen LogP contribution in [0.5, 0.6) is 5.75 Å². The monoisotopic (exact) mass is 1790 g/mol. The number of carbonyl (C=O) groups excluding carboxylic acids is 9. The molecule has 1 aromatic heterocycles. The van der Waals surface area contributed by atoms with Crippen LogP contribution in [-0.4, -0.2) is 347 Å². The third kappa shape index (κ3) is 36.0. The van der Waals surface area contributed by atoms with Crippen molar-refractivity contribution in [2.24, 2.45) is 29.4 Å². The summed E-state index contributed by atoms with van der Waals surface area (Å²) in [5.41, 5.74) is 5.37. The average Bonchev–Trinajstić information content (AvgIpc) is 0.925. The smallest absolute Gasteiger partial charge is 0.410 e. The summed E-state index contributed by atoms with van der Waals surface area (Å²) >= 11 is 0. The molecule has 16 atom stereocenters. The van der Waals surface area contributed by atoms with E-state index < -0.39 is 161 Å². The number of nitrogens with zero attached hydrogens (tertiary/aromatic N) is 7. The Morgan fingerprint density at radius 2 is 1.16 bits per heavy atom. The summed E-state index contributed by atoms with van der Waals surface area (Å²) in [6.07, 6.45) is -11.8. The zero-order chi connectivity index (χ0) is 92.8. The number of esters is 4. The molecule has 2 saturated heterocycles. The number of nitro benzene ring substituents is 1. The molecule has 3 heterocycles. The van der Waals surface area contributed by atoms with Gasteiger partial charge in [0.25, 0.3) is 0 Å². The van der Waals surface area contributed by atoms with Crippen LogP contribution in [-0.2, 0) is 137 Å². The first-order valence-corrected chi connectivity index (χ1v) is 42.8. The number of hydrogen-bond donors (Lipinski definition) is 4. The van der Waals surface area contributed by atoms with Gasteiger partial charge in [0.15, 0.2) is 24.1 Å². The van der Waals surface area contributed by atoms with Crippen LogP contribution < -0.4 is 21.1 Å². The predicted molar refractivity (Wildman–Crippen MR) is 450 cm³/mol. The van der Waals surface area contributed by atoms with Crippen molar-refractivity contribution in [3.8, 4) is 5.75 Å². The van der Waals surface area contributed by atoms with E-state index in [2.05, 4.69) is 20.9 Å². The maximum Gasteiger partial charge on any atom is 0.410 e. The summed E-state index contributed by atoms with van der Waals surface area (Å²) in [6, 6.07) is 7.91. The van der Waals surface area contributed by atoms with Gasteiger partial charge in [0, 0.05) is 80.9 Å². The van der Waals surface area contributed by atoms with Gasteiger partial charge in [-0.15, -0.1) is 5.10 Å². The quantitative estimate of drug-likeness (QED) is 0.0203. The number of likely N-dealkylation sites (N-methyl/N-ethyl adjacent to an activating group) is 2. The fourth-order valence-electron chi connectivity index (χ4n) is 14.5. The van der Waals surface area contributed by atoms with Crippen molar-refractivity contribution in [1.82, 2.24) is 40.3 Å². The molecule has 41 nitrogen and oxygen atoms in total. The minimum absolute atomic E-state index is 0.0441. The van der Waals surface area contributed by atoms with Gasteiger partial charge < -0.3 is 121 Å². The minimum Gasteiger partial charge on any atom is -0.467 e. The van der Waals surface area contributed by atoms with Gasteiger partial charge in [0.1, 0.15) is 18.2 Å². The van der Waals surface area contributed by atoms with Crippen LogP contribution in [0.3, 0.4) is 0 Å². The second kappa shape index (κ2) is 58.6. The van der Waals surface area contributed by atoms with Gasteiger partial charge in [-0.1, -0.05) is 96.5 Å². The van der Waals surface area contributed by atoms with E-state index in [1.54, 1.807) is 77.8 Å². The SMILES string of the molecule is CC[C@@H](C)[C@H]([C@H](CC(=O)N1CCCC1[C@@H](OC)[C@H](C)C(=O)N[C@@H](C)[C@H](O)c1ccccc1)OC)N(C)C(=O)[C@H](NC(=O)[C@@H](C(C)C)N(C)C(=O)OC(Cc1cn(CCOCCOCCOCCOCCOCCOCCOCCOCCOCCOCCN)nn1)c1ccc(O[C@@H]2OC(C(=O)OC)[C@@H](OC(C)=O)C(OC(C)=O)[C@@H]2OC(C)=O)c([N+](=O)[O-])c1)C(C)C. The Bertz CT molecular complexity index is 3740. The van der Waals surface area contributed by atoms with Gasteiger partial charge in [-0.05, 0) is 54.7 Å². The third-order valence-electron chi connectivity index (χ3n) is 21.0. The van der Waals surface area contributed by atoms with E-state index >= 15 is 9.59 Å². The number of nitrogens with two attached hydrogens (primary N) is 1. The zero-order valence-corrected chi connectivity index (χ0v) is 75.8. The van der Waals surface area contributed by atoms with Gasteiger partial charge >= 0.3 is 35.7 Å². The van der Waals surface area contributed by atoms with E-state index in [0.29, 0.717) is 150 Å². The number of amides is 5. The molecule has 3 aromatic rings. The first kappa shape index (κ1) is 108. The molecule has 0 radical (unpaired) electrons. The number of hydrogen-bond acceptors (Lipinski definition) is 34. The normalized spacial score (nSPS) is 18.8. The molecule has 0 spiro atoms. The first-order chi connectivity index (χ1) is 60.3. The van der Waals surface area contributed by atoms with E-state index in [1.807, 2.05) is 19.9 Å². The van der Waals surface area contributed by atoms with E-state index in [9.17, 15) is 48.8 Å². The summed E-state index contributed by atoms with van der Waals surface area (Å²) in [5.74, 6) is -8.91. The summed E-state index contributed by atoms with van der Waals surface area (Å²) < 4.78 is 108. The molecule has 2 aliphatic heterocycles. The lowest BCUT2D eigenvalue weighted by molar-refractivity contribution is -0.387. The second-order valence-corrected chi connectivity index (χ2v) is 31.0. The molecule has 2 aliphatic rings. The van der Waals surface area contributed by atoms with Crippen LogP contribution in [0.15, 0.2) is 54.7 Å². The van der Waals surface area contributed by atoms with Crippen molar-refractivity contribution in [1.29, 1.82) is 0 Å². The standard InChI is InChI=1S/C85H136N10O31/c1-17-56(6)73(69(108-14)52-70(99)94-28-21-24-65(94)75(109-15)57(7)80(101)87-58(8)74(100)62-22-19-18-20-23-62)91(12)82(103)71(54(2)3)88-81(102)72(55(4)5)92(13)85(105)125-68(63-25-26-67(66(50-63)95(106)107)124-84-79(123-61(11)98)77(122-60(10)97)76(121-59(9)96)78(126-84)83(104)110-16)51-64-53-93(90-89-64)29-31-112-33-35-114-37-39-116-41-43-118-45-47-120-49-48-119-46-44-117-42-40-115-38-36-113-34-32-111-30-27-86/h18-20,22-23,25-26,50,53-58,65,68-69,71-79,84,100H,17,21,24,27-49,51-52,86H2,1-16H3,(H,87,101)(H,88,102)/t56-,57+,58+,65?,68?,69+,71-,72-,73-,74+,75+,76+,77?,78?,79+,84-/m1/s1. The van der Waals surface area contributed by atoms with Crippen LogP contribution in [0.1, 0.15) is 131 Å². The Morgan fingerprint density at radius 1 is 0.643 bits per heavy atom. The van der Waals surface area contributed by atoms with E-state index in [-0.39, 0.29) is 68.2 Å². The Labute approximate surface area is 737 Å². The fraction of sp³-hybridized carbons (Fsp3) is 0.729. The lowest BCUT2D eigenvalue weighted by Crippen LogP contribution is -2.64. The summed E-state index contributed by atoms with van der Waals surface area (Å²) in [5, 5.41) is 38.8. The molecule has 41 heteroatoms. The van der Waals surface area contributed by atoms with Crippen molar-refractivity contribution in [2.75, 3.05) is 181 Å². The van der Waals surface area contributed by atoms with Gasteiger partial charge in [-0.3, -0.25) is 48.6 Å². The number of nitro groups is 1. The molecule has 0 aliphatic carbocycles. The van der Waals surface area contributed by atoms with Crippen molar-refractivity contribution in [2.45, 2.75) is 200 Å². The molecule has 712 valence electrons. The number of ether oxygens (including phenoxy) is 19. The number of carbonyl (C=O) groups is 9. The van der Waals surface area contributed by atoms with Gasteiger partial charge in [0.05, 0.1) is 205 Å².